The first kappa shape index (κ1) is 10.5. The summed E-state index contributed by atoms with van der Waals surface area (Å²) < 4.78 is 0. The Morgan fingerprint density at radius 2 is 1.88 bits per heavy atom. The molecule has 1 aliphatic heterocycles. The predicted molar refractivity (Wildman–Crippen MR) is 60.7 cm³/mol. The van der Waals surface area contributed by atoms with Crippen molar-refractivity contribution in [3.8, 4) is 0 Å². The Kier molecular flexibility index (Phi) is 2.64. The van der Waals surface area contributed by atoms with Crippen LogP contribution in [0, 0.1) is 11.8 Å². The van der Waals surface area contributed by atoms with Crippen molar-refractivity contribution in [3.05, 3.63) is 0 Å². The van der Waals surface area contributed by atoms with Crippen molar-refractivity contribution in [1.82, 2.24) is 4.90 Å². The second kappa shape index (κ2) is 4.00. The SMILES string of the molecule is O/N=C1/[C@@H]2CC[C@@H](C2)[C@@H]1N1CCC(O)CC1. The normalized spacial score (nSPS) is 43.3. The summed E-state index contributed by atoms with van der Waals surface area (Å²) in [5.41, 5.74) is 1.02. The fourth-order valence-electron chi connectivity index (χ4n) is 3.84. The minimum absolute atomic E-state index is 0.121. The van der Waals surface area contributed by atoms with Crippen LogP contribution in [0.3, 0.4) is 0 Å². The molecule has 3 fully saturated rings. The van der Waals surface area contributed by atoms with Crippen LogP contribution in [0.4, 0.5) is 0 Å². The lowest BCUT2D eigenvalue weighted by Gasteiger charge is -2.38. The number of aliphatic hydroxyl groups is 1. The van der Waals surface area contributed by atoms with Crippen molar-refractivity contribution in [2.24, 2.45) is 17.0 Å². The quantitative estimate of drug-likeness (QED) is 0.517. The van der Waals surface area contributed by atoms with Crippen LogP contribution in [-0.2, 0) is 0 Å². The molecule has 0 radical (unpaired) electrons. The van der Waals surface area contributed by atoms with Crippen molar-refractivity contribution in [3.63, 3.8) is 0 Å². The van der Waals surface area contributed by atoms with E-state index in [9.17, 15) is 5.11 Å². The molecule has 0 amide bonds. The molecule has 2 bridgehead atoms. The topological polar surface area (TPSA) is 56.1 Å². The molecule has 4 nitrogen and oxygen atoms in total. The first-order valence-electron chi connectivity index (χ1n) is 6.43. The van der Waals surface area contributed by atoms with E-state index in [0.29, 0.717) is 17.9 Å². The standard InChI is InChI=1S/C12H20N2O2/c15-10-3-5-14(6-4-10)12-9-2-1-8(7-9)11(12)13-16/h8-10,12,15-16H,1-7H2/b13-11-/t8-,9+,12+/m1/s1. The molecule has 1 saturated heterocycles. The number of nitrogens with zero attached hydrogens (tertiary/aromatic N) is 2. The molecular formula is C12H20N2O2. The molecule has 90 valence electrons. The number of fused-ring (bicyclic) bond motifs is 2. The van der Waals surface area contributed by atoms with Gasteiger partial charge in [-0.2, -0.15) is 0 Å². The maximum atomic E-state index is 9.52. The van der Waals surface area contributed by atoms with E-state index in [-0.39, 0.29) is 6.10 Å². The van der Waals surface area contributed by atoms with E-state index in [0.717, 1.165) is 31.6 Å². The molecule has 0 unspecified atom stereocenters. The highest BCUT2D eigenvalue weighted by Gasteiger charge is 2.48. The summed E-state index contributed by atoms with van der Waals surface area (Å²) in [7, 11) is 0. The summed E-state index contributed by atoms with van der Waals surface area (Å²) in [4.78, 5) is 2.42. The first-order valence-corrected chi connectivity index (χ1v) is 6.43. The molecule has 0 spiro atoms. The Labute approximate surface area is 95.9 Å². The lowest BCUT2D eigenvalue weighted by molar-refractivity contribution is 0.0633. The van der Waals surface area contributed by atoms with Crippen molar-refractivity contribution < 1.29 is 10.3 Å². The third kappa shape index (κ3) is 1.55. The summed E-state index contributed by atoms with van der Waals surface area (Å²) in [6, 6.07) is 0.372. The van der Waals surface area contributed by atoms with Gasteiger partial charge in [0.25, 0.3) is 0 Å². The van der Waals surface area contributed by atoms with Gasteiger partial charge in [-0.25, -0.2) is 0 Å². The number of rotatable bonds is 1. The molecule has 2 saturated carbocycles. The van der Waals surface area contributed by atoms with Crippen molar-refractivity contribution in [2.45, 2.75) is 44.2 Å². The van der Waals surface area contributed by atoms with Crippen molar-refractivity contribution in [2.75, 3.05) is 13.1 Å². The highest BCUT2D eigenvalue weighted by molar-refractivity contribution is 5.94. The zero-order valence-electron chi connectivity index (χ0n) is 9.55. The summed E-state index contributed by atoms with van der Waals surface area (Å²) in [5.74, 6) is 1.23. The van der Waals surface area contributed by atoms with Gasteiger partial charge in [0.05, 0.1) is 17.9 Å². The van der Waals surface area contributed by atoms with Gasteiger partial charge in [0.1, 0.15) is 0 Å². The van der Waals surface area contributed by atoms with Crippen molar-refractivity contribution >= 4 is 5.71 Å². The van der Waals surface area contributed by atoms with Crippen LogP contribution in [0.15, 0.2) is 5.16 Å². The minimum Gasteiger partial charge on any atom is -0.411 e. The molecule has 3 rings (SSSR count). The number of piperidine rings is 1. The average Bonchev–Trinajstić information content (AvgIpc) is 2.89. The Morgan fingerprint density at radius 3 is 2.56 bits per heavy atom. The van der Waals surface area contributed by atoms with Crippen molar-refractivity contribution in [1.29, 1.82) is 0 Å². The van der Waals surface area contributed by atoms with Gasteiger partial charge in [-0.1, -0.05) is 5.16 Å². The summed E-state index contributed by atoms with van der Waals surface area (Å²) in [6.07, 6.45) is 5.32. The van der Waals surface area contributed by atoms with Crippen LogP contribution in [-0.4, -0.2) is 46.2 Å². The van der Waals surface area contributed by atoms with Gasteiger partial charge >= 0.3 is 0 Å². The highest BCUT2D eigenvalue weighted by Crippen LogP contribution is 2.45. The summed E-state index contributed by atoms with van der Waals surface area (Å²) >= 11 is 0. The van der Waals surface area contributed by atoms with Crippen LogP contribution in [0.2, 0.25) is 0 Å². The monoisotopic (exact) mass is 224 g/mol. The number of aliphatic hydroxyl groups excluding tert-OH is 1. The smallest absolute Gasteiger partial charge is 0.0775 e. The zero-order chi connectivity index (χ0) is 11.1. The fraction of sp³-hybridized carbons (Fsp3) is 0.917. The Bertz CT molecular complexity index is 297. The van der Waals surface area contributed by atoms with E-state index in [1.807, 2.05) is 0 Å². The molecular weight excluding hydrogens is 204 g/mol. The number of hydrogen-bond donors (Lipinski definition) is 2. The van der Waals surface area contributed by atoms with E-state index in [4.69, 9.17) is 5.21 Å². The largest absolute Gasteiger partial charge is 0.411 e. The number of hydrogen-bond acceptors (Lipinski definition) is 4. The molecule has 0 aromatic carbocycles. The molecule has 3 aliphatic rings. The second-order valence-corrected chi connectivity index (χ2v) is 5.51. The molecule has 2 N–H and O–H groups in total. The van der Waals surface area contributed by atoms with E-state index >= 15 is 0 Å². The summed E-state index contributed by atoms with van der Waals surface area (Å²) in [5, 5.41) is 22.2. The Hall–Kier alpha value is -0.610. The molecule has 16 heavy (non-hydrogen) atoms. The molecule has 3 atom stereocenters. The van der Waals surface area contributed by atoms with Gasteiger partial charge < -0.3 is 10.3 Å². The number of oxime groups is 1. The van der Waals surface area contributed by atoms with Crippen LogP contribution < -0.4 is 0 Å². The van der Waals surface area contributed by atoms with E-state index in [1.165, 1.54) is 19.3 Å². The van der Waals surface area contributed by atoms with E-state index < -0.39 is 0 Å². The van der Waals surface area contributed by atoms with Crippen LogP contribution in [0.5, 0.6) is 0 Å². The van der Waals surface area contributed by atoms with Gasteiger partial charge in [-0.3, -0.25) is 4.90 Å². The van der Waals surface area contributed by atoms with E-state index in [2.05, 4.69) is 10.1 Å². The van der Waals surface area contributed by atoms with Crippen LogP contribution in [0.1, 0.15) is 32.1 Å². The van der Waals surface area contributed by atoms with Gasteiger partial charge in [0.2, 0.25) is 0 Å². The van der Waals surface area contributed by atoms with Gasteiger partial charge in [0.15, 0.2) is 0 Å². The third-order valence-electron chi connectivity index (χ3n) is 4.65. The highest BCUT2D eigenvalue weighted by atomic mass is 16.4. The minimum atomic E-state index is -0.121. The van der Waals surface area contributed by atoms with Gasteiger partial charge in [-0.15, -0.1) is 0 Å². The molecule has 2 aliphatic carbocycles. The lowest BCUT2D eigenvalue weighted by atomic mass is 9.90. The maximum absolute atomic E-state index is 9.52. The zero-order valence-corrected chi connectivity index (χ0v) is 9.55. The average molecular weight is 224 g/mol. The first-order chi connectivity index (χ1) is 7.79. The Morgan fingerprint density at radius 1 is 1.12 bits per heavy atom. The predicted octanol–water partition coefficient (Wildman–Crippen LogP) is 1.07. The molecule has 0 aromatic rings. The number of likely N-dealkylation sites (tertiary alicyclic amines) is 1. The Balaban J connectivity index is 1.74. The molecule has 0 aromatic heterocycles. The lowest BCUT2D eigenvalue weighted by Crippen LogP contribution is -2.49. The maximum Gasteiger partial charge on any atom is 0.0775 e. The summed E-state index contributed by atoms with van der Waals surface area (Å²) in [6.45, 7) is 1.90. The second-order valence-electron chi connectivity index (χ2n) is 5.51. The van der Waals surface area contributed by atoms with Crippen LogP contribution in [0.25, 0.3) is 0 Å². The van der Waals surface area contributed by atoms with Gasteiger partial charge in [-0.05, 0) is 38.0 Å². The van der Waals surface area contributed by atoms with Gasteiger partial charge in [0, 0.05) is 19.0 Å². The molecule has 4 heteroatoms. The fourth-order valence-corrected chi connectivity index (χ4v) is 3.84. The van der Waals surface area contributed by atoms with E-state index in [1.54, 1.807) is 0 Å². The third-order valence-corrected chi connectivity index (χ3v) is 4.65. The molecule has 1 heterocycles. The van der Waals surface area contributed by atoms with Crippen LogP contribution >= 0.6 is 0 Å².